The average molecular weight is 316 g/mol. The number of piperazine rings is 1. The average Bonchev–Trinajstić information content (AvgIpc) is 2.62. The Kier molecular flexibility index (Phi) is 4.82. The third-order valence-electron chi connectivity index (χ3n) is 3.71. The van der Waals surface area contributed by atoms with Crippen molar-refractivity contribution in [3.8, 4) is 12.0 Å². The zero-order valence-corrected chi connectivity index (χ0v) is 13.3. The van der Waals surface area contributed by atoms with Gasteiger partial charge in [0, 0.05) is 38.9 Å². The lowest BCUT2D eigenvalue weighted by Gasteiger charge is -2.34. The van der Waals surface area contributed by atoms with Crippen molar-refractivity contribution in [2.24, 2.45) is 0 Å². The molecule has 0 saturated carbocycles. The molecule has 23 heavy (non-hydrogen) atoms. The highest BCUT2D eigenvalue weighted by Gasteiger charge is 2.21. The SMILES string of the molecule is COc1nc(OC)nc(N2CCN(Cc3ccccn3)CC2)n1. The van der Waals surface area contributed by atoms with Gasteiger partial charge in [0.1, 0.15) is 0 Å². The first kappa shape index (κ1) is 15.4. The van der Waals surface area contributed by atoms with E-state index in [1.165, 1.54) is 14.2 Å². The fraction of sp³-hybridized carbons (Fsp3) is 0.467. The summed E-state index contributed by atoms with van der Waals surface area (Å²) in [7, 11) is 3.06. The lowest BCUT2D eigenvalue weighted by Crippen LogP contribution is -2.46. The van der Waals surface area contributed by atoms with Gasteiger partial charge in [-0.05, 0) is 12.1 Å². The maximum Gasteiger partial charge on any atom is 0.324 e. The van der Waals surface area contributed by atoms with Crippen molar-refractivity contribution in [1.82, 2.24) is 24.8 Å². The molecular formula is C15H20N6O2. The molecule has 8 heteroatoms. The number of rotatable bonds is 5. The van der Waals surface area contributed by atoms with Crippen molar-refractivity contribution >= 4 is 5.95 Å². The summed E-state index contributed by atoms with van der Waals surface area (Å²) in [5.41, 5.74) is 1.09. The van der Waals surface area contributed by atoms with E-state index in [-0.39, 0.29) is 12.0 Å². The molecule has 0 aromatic carbocycles. The molecule has 0 atom stereocenters. The molecule has 0 unspecified atom stereocenters. The summed E-state index contributed by atoms with van der Waals surface area (Å²) in [5, 5.41) is 0. The van der Waals surface area contributed by atoms with E-state index in [9.17, 15) is 0 Å². The standard InChI is InChI=1S/C15H20N6O2/c1-22-14-17-13(18-15(19-14)23-2)21-9-7-20(8-10-21)11-12-5-3-4-6-16-12/h3-6H,7-11H2,1-2H3. The Hall–Kier alpha value is -2.48. The van der Waals surface area contributed by atoms with Gasteiger partial charge < -0.3 is 14.4 Å². The molecule has 1 fully saturated rings. The number of nitrogens with zero attached hydrogens (tertiary/aromatic N) is 6. The van der Waals surface area contributed by atoms with Crippen molar-refractivity contribution in [3.05, 3.63) is 30.1 Å². The summed E-state index contributed by atoms with van der Waals surface area (Å²) in [6.45, 7) is 4.38. The summed E-state index contributed by atoms with van der Waals surface area (Å²) in [5.74, 6) is 0.589. The summed E-state index contributed by atoms with van der Waals surface area (Å²) in [4.78, 5) is 21.5. The van der Waals surface area contributed by atoms with Gasteiger partial charge in [0.05, 0.1) is 19.9 Å². The molecule has 8 nitrogen and oxygen atoms in total. The van der Waals surface area contributed by atoms with E-state index < -0.39 is 0 Å². The second-order valence-electron chi connectivity index (χ2n) is 5.19. The lowest BCUT2D eigenvalue weighted by atomic mass is 10.3. The van der Waals surface area contributed by atoms with Crippen molar-refractivity contribution < 1.29 is 9.47 Å². The molecule has 0 bridgehead atoms. The number of ether oxygens (including phenoxy) is 2. The van der Waals surface area contributed by atoms with E-state index in [0.29, 0.717) is 5.95 Å². The minimum atomic E-state index is 0.266. The van der Waals surface area contributed by atoms with Crippen LogP contribution in [0.1, 0.15) is 5.69 Å². The first-order valence-corrected chi connectivity index (χ1v) is 7.50. The molecule has 0 amide bonds. The molecule has 0 radical (unpaired) electrons. The molecule has 3 rings (SSSR count). The molecule has 0 aliphatic carbocycles. The van der Waals surface area contributed by atoms with Crippen LogP contribution in [0.5, 0.6) is 12.0 Å². The van der Waals surface area contributed by atoms with Gasteiger partial charge in [0.15, 0.2) is 0 Å². The van der Waals surface area contributed by atoms with Gasteiger partial charge in [-0.25, -0.2) is 0 Å². The number of pyridine rings is 1. The Morgan fingerprint density at radius 1 is 0.957 bits per heavy atom. The van der Waals surface area contributed by atoms with E-state index in [4.69, 9.17) is 9.47 Å². The highest BCUT2D eigenvalue weighted by molar-refractivity contribution is 5.33. The van der Waals surface area contributed by atoms with E-state index >= 15 is 0 Å². The molecule has 0 N–H and O–H groups in total. The van der Waals surface area contributed by atoms with Gasteiger partial charge in [0.2, 0.25) is 5.95 Å². The third-order valence-corrected chi connectivity index (χ3v) is 3.71. The number of hydrogen-bond acceptors (Lipinski definition) is 8. The first-order valence-electron chi connectivity index (χ1n) is 7.50. The molecule has 3 heterocycles. The maximum absolute atomic E-state index is 5.10. The Morgan fingerprint density at radius 3 is 2.22 bits per heavy atom. The summed E-state index contributed by atoms with van der Waals surface area (Å²) in [6, 6.07) is 6.53. The lowest BCUT2D eigenvalue weighted by molar-refractivity contribution is 0.245. The Balaban J connectivity index is 1.62. The molecule has 122 valence electrons. The molecular weight excluding hydrogens is 296 g/mol. The molecule has 2 aromatic heterocycles. The molecule has 1 aliphatic rings. The van der Waals surface area contributed by atoms with Gasteiger partial charge in [-0.2, -0.15) is 9.97 Å². The monoisotopic (exact) mass is 316 g/mol. The smallest absolute Gasteiger partial charge is 0.324 e. The van der Waals surface area contributed by atoms with Gasteiger partial charge in [0.25, 0.3) is 0 Å². The van der Waals surface area contributed by atoms with Crippen LogP contribution in [0.25, 0.3) is 0 Å². The molecule has 1 saturated heterocycles. The number of methoxy groups -OCH3 is 2. The van der Waals surface area contributed by atoms with Crippen LogP contribution in [-0.4, -0.2) is 65.2 Å². The second kappa shape index (κ2) is 7.19. The summed E-state index contributed by atoms with van der Waals surface area (Å²) in [6.07, 6.45) is 1.83. The van der Waals surface area contributed by atoms with Crippen LogP contribution in [0.3, 0.4) is 0 Å². The van der Waals surface area contributed by atoms with E-state index in [1.807, 2.05) is 24.4 Å². The predicted molar refractivity (Wildman–Crippen MR) is 84.7 cm³/mol. The minimum absolute atomic E-state index is 0.266. The predicted octanol–water partition coefficient (Wildman–Crippen LogP) is 0.606. The number of aromatic nitrogens is 4. The van der Waals surface area contributed by atoms with E-state index in [2.05, 4.69) is 29.7 Å². The second-order valence-corrected chi connectivity index (χ2v) is 5.19. The maximum atomic E-state index is 5.10. The molecule has 2 aromatic rings. The molecule has 1 aliphatic heterocycles. The van der Waals surface area contributed by atoms with Crippen LogP contribution < -0.4 is 14.4 Å². The summed E-state index contributed by atoms with van der Waals surface area (Å²) >= 11 is 0. The minimum Gasteiger partial charge on any atom is -0.467 e. The molecule has 0 spiro atoms. The van der Waals surface area contributed by atoms with E-state index in [0.717, 1.165) is 38.4 Å². The summed E-state index contributed by atoms with van der Waals surface area (Å²) < 4.78 is 10.2. The fourth-order valence-electron chi connectivity index (χ4n) is 2.48. The van der Waals surface area contributed by atoms with Crippen molar-refractivity contribution in [2.45, 2.75) is 6.54 Å². The highest BCUT2D eigenvalue weighted by atomic mass is 16.5. The highest BCUT2D eigenvalue weighted by Crippen LogP contribution is 2.18. The third kappa shape index (κ3) is 3.84. The Morgan fingerprint density at radius 2 is 1.65 bits per heavy atom. The van der Waals surface area contributed by atoms with E-state index in [1.54, 1.807) is 0 Å². The first-order chi connectivity index (χ1) is 11.3. The van der Waals surface area contributed by atoms with Crippen LogP contribution >= 0.6 is 0 Å². The zero-order valence-electron chi connectivity index (χ0n) is 13.3. The number of hydrogen-bond donors (Lipinski definition) is 0. The quantitative estimate of drug-likeness (QED) is 0.794. The van der Waals surface area contributed by atoms with Crippen LogP contribution in [0.2, 0.25) is 0 Å². The Labute approximate surface area is 135 Å². The van der Waals surface area contributed by atoms with Crippen LogP contribution in [0.4, 0.5) is 5.95 Å². The zero-order chi connectivity index (χ0) is 16.1. The van der Waals surface area contributed by atoms with Gasteiger partial charge in [-0.3, -0.25) is 9.88 Å². The topological polar surface area (TPSA) is 76.5 Å². The van der Waals surface area contributed by atoms with Crippen molar-refractivity contribution in [1.29, 1.82) is 0 Å². The van der Waals surface area contributed by atoms with Crippen LogP contribution in [-0.2, 0) is 6.54 Å². The van der Waals surface area contributed by atoms with Crippen LogP contribution in [0, 0.1) is 0 Å². The van der Waals surface area contributed by atoms with Gasteiger partial charge >= 0.3 is 12.0 Å². The van der Waals surface area contributed by atoms with Crippen molar-refractivity contribution in [3.63, 3.8) is 0 Å². The van der Waals surface area contributed by atoms with Crippen molar-refractivity contribution in [2.75, 3.05) is 45.3 Å². The number of anilines is 1. The van der Waals surface area contributed by atoms with Gasteiger partial charge in [-0.15, -0.1) is 4.98 Å². The van der Waals surface area contributed by atoms with Gasteiger partial charge in [-0.1, -0.05) is 6.07 Å². The largest absolute Gasteiger partial charge is 0.467 e. The normalized spacial score (nSPS) is 15.5. The fourth-order valence-corrected chi connectivity index (χ4v) is 2.48. The van der Waals surface area contributed by atoms with Crippen LogP contribution in [0.15, 0.2) is 24.4 Å². The Bertz CT molecular complexity index is 609.